The number of pyridine rings is 1. The van der Waals surface area contributed by atoms with E-state index in [1.54, 1.807) is 0 Å². The Morgan fingerprint density at radius 2 is 2.03 bits per heavy atom. The smallest absolute Gasteiger partial charge is 0.270 e. The summed E-state index contributed by atoms with van der Waals surface area (Å²) in [6.45, 7) is 5.98. The molecule has 0 fully saturated rings. The average molecular weight is 421 g/mol. The van der Waals surface area contributed by atoms with Crippen LogP contribution in [0.3, 0.4) is 0 Å². The van der Waals surface area contributed by atoms with Crippen molar-refractivity contribution in [3.8, 4) is 0 Å². The molecule has 3 aromatic rings. The number of carbonyl (C=O) groups is 1. The summed E-state index contributed by atoms with van der Waals surface area (Å²) in [6.07, 6.45) is 3.16. The van der Waals surface area contributed by atoms with Crippen LogP contribution in [0.4, 0.5) is 5.69 Å². The zero-order valence-corrected chi connectivity index (χ0v) is 17.9. The minimum absolute atomic E-state index is 0.0735. The van der Waals surface area contributed by atoms with Gasteiger partial charge in [-0.15, -0.1) is 0 Å². The number of aliphatic imine (C=N–C) groups is 1. The van der Waals surface area contributed by atoms with Gasteiger partial charge in [0.1, 0.15) is 17.2 Å². The Morgan fingerprint density at radius 1 is 1.23 bits per heavy atom. The number of fused-ring (bicyclic) bond motifs is 1. The van der Waals surface area contributed by atoms with Gasteiger partial charge in [-0.25, -0.2) is 4.98 Å². The number of aryl methyl sites for hydroxylation is 2. The third kappa shape index (κ3) is 4.54. The molecule has 0 spiro atoms. The van der Waals surface area contributed by atoms with Gasteiger partial charge in [0.2, 0.25) is 0 Å². The van der Waals surface area contributed by atoms with E-state index in [4.69, 9.17) is 5.11 Å². The van der Waals surface area contributed by atoms with E-state index in [0.29, 0.717) is 31.6 Å². The van der Waals surface area contributed by atoms with E-state index >= 15 is 0 Å². The lowest BCUT2D eigenvalue weighted by Gasteiger charge is -2.30. The highest BCUT2D eigenvalue weighted by molar-refractivity contribution is 5.94. The first-order valence-electron chi connectivity index (χ1n) is 10.6. The number of nitrogens with one attached hydrogen (secondary N) is 2. The number of aromatic nitrogens is 2. The Morgan fingerprint density at radius 3 is 2.77 bits per heavy atom. The van der Waals surface area contributed by atoms with E-state index in [1.165, 1.54) is 0 Å². The summed E-state index contributed by atoms with van der Waals surface area (Å²) < 4.78 is 1.88. The molecule has 1 aliphatic heterocycles. The third-order valence-corrected chi connectivity index (χ3v) is 5.33. The summed E-state index contributed by atoms with van der Waals surface area (Å²) in [6, 6.07) is 12.0. The molecule has 0 saturated carbocycles. The minimum atomic E-state index is -0.124. The summed E-state index contributed by atoms with van der Waals surface area (Å²) in [7, 11) is 0. The van der Waals surface area contributed by atoms with E-state index in [2.05, 4.69) is 20.7 Å². The van der Waals surface area contributed by atoms with Crippen molar-refractivity contribution < 1.29 is 9.90 Å². The van der Waals surface area contributed by atoms with Gasteiger partial charge in [-0.2, -0.15) is 0 Å². The molecule has 4 rings (SSSR count). The van der Waals surface area contributed by atoms with Crippen LogP contribution in [0.2, 0.25) is 0 Å². The van der Waals surface area contributed by atoms with Gasteiger partial charge in [0.05, 0.1) is 31.1 Å². The highest BCUT2D eigenvalue weighted by Gasteiger charge is 2.18. The van der Waals surface area contributed by atoms with Crippen molar-refractivity contribution in [1.82, 2.24) is 20.1 Å². The summed E-state index contributed by atoms with van der Waals surface area (Å²) >= 11 is 0. The molecule has 162 valence electrons. The van der Waals surface area contributed by atoms with Crippen LogP contribution in [-0.4, -0.2) is 45.9 Å². The largest absolute Gasteiger partial charge is 0.396 e. The molecule has 3 N–H and O–H groups in total. The van der Waals surface area contributed by atoms with Gasteiger partial charge in [0.25, 0.3) is 5.91 Å². The second kappa shape index (κ2) is 9.18. The molecule has 8 heteroatoms. The van der Waals surface area contributed by atoms with Crippen LogP contribution in [0.15, 0.2) is 47.6 Å². The first kappa shape index (κ1) is 20.9. The predicted molar refractivity (Wildman–Crippen MR) is 121 cm³/mol. The highest BCUT2D eigenvalue weighted by Crippen LogP contribution is 2.17. The van der Waals surface area contributed by atoms with Crippen LogP contribution in [0.5, 0.6) is 0 Å². The molecule has 1 aromatic carbocycles. The maximum Gasteiger partial charge on any atom is 0.270 e. The summed E-state index contributed by atoms with van der Waals surface area (Å²) in [5.41, 5.74) is 8.54. The quantitative estimate of drug-likeness (QED) is 0.545. The van der Waals surface area contributed by atoms with Gasteiger partial charge in [0.15, 0.2) is 0 Å². The molecule has 2 aromatic heterocycles. The van der Waals surface area contributed by atoms with Crippen molar-refractivity contribution in [2.24, 2.45) is 4.99 Å². The van der Waals surface area contributed by atoms with E-state index < -0.39 is 0 Å². The molecule has 0 aliphatic carbocycles. The number of amidine groups is 1. The molecular formula is C23H28N6O2. The summed E-state index contributed by atoms with van der Waals surface area (Å²) in [5, 5.41) is 14.2. The first-order chi connectivity index (χ1) is 15.1. The fraction of sp³-hybridized carbons (Fsp3) is 0.348. The number of hydrazine groups is 1. The van der Waals surface area contributed by atoms with Crippen molar-refractivity contribution in [3.05, 3.63) is 65.1 Å². The van der Waals surface area contributed by atoms with Crippen molar-refractivity contribution in [3.63, 3.8) is 0 Å². The number of amides is 1. The Bertz CT molecular complexity index is 1100. The number of aliphatic hydroxyl groups is 1. The van der Waals surface area contributed by atoms with Gasteiger partial charge in [-0.05, 0) is 42.7 Å². The highest BCUT2D eigenvalue weighted by atomic mass is 16.3. The molecule has 31 heavy (non-hydrogen) atoms. The molecule has 0 unspecified atom stereocenters. The van der Waals surface area contributed by atoms with Gasteiger partial charge >= 0.3 is 0 Å². The monoisotopic (exact) mass is 420 g/mol. The zero-order chi connectivity index (χ0) is 21.8. The minimum Gasteiger partial charge on any atom is -0.396 e. The number of imidazole rings is 1. The van der Waals surface area contributed by atoms with Crippen molar-refractivity contribution in [1.29, 1.82) is 0 Å². The number of anilines is 1. The SMILES string of the molecule is CCc1nc2ccc(C)cn2c1C(=O)NCc1ccc(N2CCN=C(CCO)N2)cc1. The van der Waals surface area contributed by atoms with Crippen molar-refractivity contribution in [2.75, 3.05) is 24.7 Å². The number of hydrogen-bond donors (Lipinski definition) is 3. The van der Waals surface area contributed by atoms with Crippen molar-refractivity contribution in [2.45, 2.75) is 33.2 Å². The Labute approximate surface area is 181 Å². The molecule has 0 saturated heterocycles. The predicted octanol–water partition coefficient (Wildman–Crippen LogP) is 2.24. The molecule has 3 heterocycles. The molecule has 0 bridgehead atoms. The lowest BCUT2D eigenvalue weighted by atomic mass is 10.2. The fourth-order valence-electron chi connectivity index (χ4n) is 3.71. The maximum absolute atomic E-state index is 13.0. The number of nitrogens with zero attached hydrogens (tertiary/aromatic N) is 4. The summed E-state index contributed by atoms with van der Waals surface area (Å²) in [5.74, 6) is 0.668. The van der Waals surface area contributed by atoms with Crippen molar-refractivity contribution >= 4 is 23.1 Å². The second-order valence-corrected chi connectivity index (χ2v) is 7.61. The number of carbonyl (C=O) groups excluding carboxylic acids is 1. The molecular weight excluding hydrogens is 392 g/mol. The number of benzene rings is 1. The third-order valence-electron chi connectivity index (χ3n) is 5.33. The van der Waals surface area contributed by atoms with Gasteiger partial charge in [-0.1, -0.05) is 25.1 Å². The molecule has 8 nitrogen and oxygen atoms in total. The van der Waals surface area contributed by atoms with Crippen LogP contribution in [0.1, 0.15) is 40.7 Å². The first-order valence-corrected chi connectivity index (χ1v) is 10.6. The van der Waals surface area contributed by atoms with Crippen LogP contribution < -0.4 is 15.8 Å². The van der Waals surface area contributed by atoms with E-state index in [9.17, 15) is 4.79 Å². The molecule has 1 amide bonds. The molecule has 0 radical (unpaired) electrons. The fourth-order valence-corrected chi connectivity index (χ4v) is 3.71. The Kier molecular flexibility index (Phi) is 6.18. The topological polar surface area (TPSA) is 94.3 Å². The van der Waals surface area contributed by atoms with Crippen LogP contribution in [-0.2, 0) is 13.0 Å². The van der Waals surface area contributed by atoms with Crippen LogP contribution in [0, 0.1) is 6.92 Å². The molecule has 0 atom stereocenters. The standard InChI is InChI=1S/C23H28N6O2/c1-3-19-22(28-15-16(2)4-9-21(28)26-19)23(31)25-14-17-5-7-18(8-6-17)29-12-11-24-20(27-29)10-13-30/h4-9,15,30H,3,10-14H2,1-2H3,(H,24,27)(H,25,31). The lowest BCUT2D eigenvalue weighted by molar-refractivity contribution is 0.0944. The Hall–Kier alpha value is -3.39. The Balaban J connectivity index is 1.43. The number of hydrogen-bond acceptors (Lipinski definition) is 6. The van der Waals surface area contributed by atoms with Gasteiger partial charge in [0, 0.05) is 19.2 Å². The maximum atomic E-state index is 13.0. The van der Waals surface area contributed by atoms with Gasteiger partial charge < -0.3 is 10.4 Å². The lowest BCUT2D eigenvalue weighted by Crippen LogP contribution is -2.47. The van der Waals surface area contributed by atoms with Crippen LogP contribution >= 0.6 is 0 Å². The number of aliphatic hydroxyl groups excluding tert-OH is 1. The van der Waals surface area contributed by atoms with Crippen LogP contribution in [0.25, 0.3) is 5.65 Å². The normalized spacial score (nSPS) is 13.8. The molecule has 1 aliphatic rings. The summed E-state index contributed by atoms with van der Waals surface area (Å²) in [4.78, 5) is 21.9. The van der Waals surface area contributed by atoms with E-state index in [1.807, 2.05) is 65.9 Å². The zero-order valence-electron chi connectivity index (χ0n) is 17.9. The van der Waals surface area contributed by atoms with E-state index in [-0.39, 0.29) is 12.5 Å². The number of rotatable bonds is 7. The van der Waals surface area contributed by atoms with Gasteiger partial charge in [-0.3, -0.25) is 24.6 Å². The van der Waals surface area contributed by atoms with E-state index in [0.717, 1.165) is 40.5 Å². The average Bonchev–Trinajstić information content (AvgIpc) is 3.16. The second-order valence-electron chi connectivity index (χ2n) is 7.61.